The molecule has 1 spiro atoms. The molecule has 6 fully saturated rings. The Morgan fingerprint density at radius 1 is 1.10 bits per heavy atom. The van der Waals surface area contributed by atoms with Gasteiger partial charge in [0.2, 0.25) is 0 Å². The summed E-state index contributed by atoms with van der Waals surface area (Å²) in [5.41, 5.74) is -1.54. The van der Waals surface area contributed by atoms with Gasteiger partial charge in [0.25, 0.3) is 0 Å². The first kappa shape index (κ1) is 21.3. The number of rotatable bonds is 5. The van der Waals surface area contributed by atoms with Gasteiger partial charge in [-0.15, -0.1) is 0 Å². The van der Waals surface area contributed by atoms with Gasteiger partial charge in [0.1, 0.15) is 0 Å². The number of hydrogen-bond donors (Lipinski definition) is 3. The van der Waals surface area contributed by atoms with Crippen LogP contribution in [0.5, 0.6) is 0 Å². The number of aliphatic hydroxyl groups excluding tert-OH is 2. The van der Waals surface area contributed by atoms with Crippen LogP contribution < -0.4 is 0 Å². The van der Waals surface area contributed by atoms with Gasteiger partial charge in [0, 0.05) is 74.8 Å². The highest BCUT2D eigenvalue weighted by Crippen LogP contribution is 2.79. The van der Waals surface area contributed by atoms with Crippen molar-refractivity contribution in [3.63, 3.8) is 0 Å². The van der Waals surface area contributed by atoms with Gasteiger partial charge in [0.15, 0.2) is 0 Å². The molecule has 7 nitrogen and oxygen atoms in total. The Labute approximate surface area is 185 Å². The second kappa shape index (κ2) is 6.65. The summed E-state index contributed by atoms with van der Waals surface area (Å²) in [6, 6.07) is 0.0561. The maximum atomic E-state index is 12.5. The normalized spacial score (nSPS) is 61.6. The lowest BCUT2D eigenvalue weighted by molar-refractivity contribution is -0.272. The molecular weight excluding hydrogens is 398 g/mol. The molecule has 1 aliphatic heterocycles. The van der Waals surface area contributed by atoms with Crippen molar-refractivity contribution in [2.45, 2.75) is 68.7 Å². The molecule has 13 atom stereocenters. The van der Waals surface area contributed by atoms with Crippen molar-refractivity contribution in [1.82, 2.24) is 4.90 Å². The van der Waals surface area contributed by atoms with E-state index in [0.29, 0.717) is 13.0 Å². The number of aliphatic hydroxyl groups is 3. The topological polar surface area (TPSA) is 91.6 Å². The van der Waals surface area contributed by atoms with E-state index in [-0.39, 0.29) is 58.7 Å². The van der Waals surface area contributed by atoms with Gasteiger partial charge in [-0.05, 0) is 31.7 Å². The summed E-state index contributed by atoms with van der Waals surface area (Å²) in [7, 11) is 5.24. The monoisotopic (exact) mass is 437 g/mol. The van der Waals surface area contributed by atoms with E-state index in [1.165, 1.54) is 0 Å². The molecular formula is C24H39NO6. The second-order valence-electron chi connectivity index (χ2n) is 11.6. The molecule has 5 aliphatic carbocycles. The fraction of sp³-hybridized carbons (Fsp3) is 1.00. The number of fused-ring (bicyclic) bond motifs is 2. The maximum absolute atomic E-state index is 12.5. The van der Waals surface area contributed by atoms with E-state index < -0.39 is 17.8 Å². The SMILES string of the molecule is CCN1C[C@]2(COC)CC[C@H](O)C34C5C[C@@H]6[C@@H](OC)C[C@](O)(C(C13)[C@H](OC)C42)C5[C@H]6O. The molecule has 6 unspecified atom stereocenters. The minimum absolute atomic E-state index is 0.0248. The number of methoxy groups -OCH3 is 3. The standard InChI is InChI=1S/C24H39NO6/c1-5-25-10-22(11-29-2)7-6-15(26)24-13-8-12-14(30-3)9-23(28,16(13)18(12)27)17(21(24)25)19(31-4)20(22)24/h12-21,26-28H,5-11H2,1-4H3/t12-,13?,14+,15+,16?,17?,18+,19+,20?,21?,22+,23-,24?/m1/s1. The van der Waals surface area contributed by atoms with E-state index in [4.69, 9.17) is 14.2 Å². The van der Waals surface area contributed by atoms with Gasteiger partial charge < -0.3 is 29.5 Å². The van der Waals surface area contributed by atoms with Crippen LogP contribution in [0.15, 0.2) is 0 Å². The number of ether oxygens (including phenoxy) is 3. The third kappa shape index (κ3) is 2.12. The molecule has 0 aromatic rings. The molecule has 0 aromatic heterocycles. The highest BCUT2D eigenvalue weighted by Gasteiger charge is 2.86. The van der Waals surface area contributed by atoms with Crippen molar-refractivity contribution >= 4 is 0 Å². The van der Waals surface area contributed by atoms with Crippen molar-refractivity contribution in [3.8, 4) is 0 Å². The number of piperidine rings is 1. The van der Waals surface area contributed by atoms with Crippen LogP contribution in [0.25, 0.3) is 0 Å². The van der Waals surface area contributed by atoms with E-state index in [1.54, 1.807) is 21.3 Å². The van der Waals surface area contributed by atoms with Crippen LogP contribution in [0, 0.1) is 40.4 Å². The first-order chi connectivity index (χ1) is 14.9. The van der Waals surface area contributed by atoms with Crippen LogP contribution >= 0.6 is 0 Å². The Morgan fingerprint density at radius 2 is 1.87 bits per heavy atom. The summed E-state index contributed by atoms with van der Waals surface area (Å²) in [6.07, 6.45) is 1.65. The summed E-state index contributed by atoms with van der Waals surface area (Å²) in [5, 5.41) is 35.7. The molecule has 1 saturated heterocycles. The van der Waals surface area contributed by atoms with Crippen molar-refractivity contribution < 1.29 is 29.5 Å². The highest BCUT2D eigenvalue weighted by molar-refractivity contribution is 5.35. The fourth-order valence-corrected chi connectivity index (χ4v) is 10.7. The van der Waals surface area contributed by atoms with Crippen LogP contribution in [0.2, 0.25) is 0 Å². The quantitative estimate of drug-likeness (QED) is 0.577. The lowest BCUT2D eigenvalue weighted by Gasteiger charge is -2.68. The first-order valence-corrected chi connectivity index (χ1v) is 12.2. The Balaban J connectivity index is 1.62. The number of hydrogen-bond acceptors (Lipinski definition) is 7. The van der Waals surface area contributed by atoms with Crippen molar-refractivity contribution in [3.05, 3.63) is 0 Å². The molecule has 7 heteroatoms. The van der Waals surface area contributed by atoms with Crippen LogP contribution in [0.3, 0.4) is 0 Å². The molecule has 176 valence electrons. The van der Waals surface area contributed by atoms with Crippen molar-refractivity contribution in [2.75, 3.05) is 41.0 Å². The smallest absolute Gasteiger partial charge is 0.0796 e. The average molecular weight is 438 g/mol. The Hall–Kier alpha value is -0.280. The molecule has 0 aromatic carbocycles. The molecule has 6 rings (SSSR count). The molecule has 5 saturated carbocycles. The van der Waals surface area contributed by atoms with Crippen LogP contribution in [0.1, 0.15) is 32.6 Å². The van der Waals surface area contributed by atoms with Gasteiger partial charge in [-0.1, -0.05) is 6.92 Å². The lowest BCUT2D eigenvalue weighted by atomic mass is 9.43. The second-order valence-corrected chi connectivity index (χ2v) is 11.6. The van der Waals surface area contributed by atoms with Crippen LogP contribution in [0.4, 0.5) is 0 Å². The summed E-state index contributed by atoms with van der Waals surface area (Å²) >= 11 is 0. The largest absolute Gasteiger partial charge is 0.392 e. The van der Waals surface area contributed by atoms with Crippen LogP contribution in [-0.4, -0.2) is 97.3 Å². The van der Waals surface area contributed by atoms with Gasteiger partial charge in [-0.25, -0.2) is 0 Å². The molecule has 0 radical (unpaired) electrons. The molecule has 6 aliphatic rings. The first-order valence-electron chi connectivity index (χ1n) is 12.2. The zero-order chi connectivity index (χ0) is 21.9. The van der Waals surface area contributed by atoms with E-state index in [1.807, 2.05) is 0 Å². The van der Waals surface area contributed by atoms with Gasteiger partial charge in [-0.2, -0.15) is 0 Å². The average Bonchev–Trinajstić information content (AvgIpc) is 3.16. The molecule has 1 heterocycles. The lowest BCUT2D eigenvalue weighted by Crippen LogP contribution is -2.76. The van der Waals surface area contributed by atoms with E-state index in [9.17, 15) is 15.3 Å². The summed E-state index contributed by atoms with van der Waals surface area (Å²) < 4.78 is 18.0. The van der Waals surface area contributed by atoms with Gasteiger partial charge in [0.05, 0.1) is 36.6 Å². The molecule has 31 heavy (non-hydrogen) atoms. The van der Waals surface area contributed by atoms with Gasteiger partial charge in [-0.3, -0.25) is 4.90 Å². The van der Waals surface area contributed by atoms with E-state index in [0.717, 1.165) is 32.4 Å². The van der Waals surface area contributed by atoms with E-state index in [2.05, 4.69) is 11.8 Å². The number of likely N-dealkylation sites (tertiary alicyclic amines) is 1. The summed E-state index contributed by atoms with van der Waals surface area (Å²) in [6.45, 7) is 4.63. The minimum Gasteiger partial charge on any atom is -0.392 e. The zero-order valence-electron chi connectivity index (χ0n) is 19.2. The van der Waals surface area contributed by atoms with Crippen LogP contribution in [-0.2, 0) is 14.2 Å². The number of nitrogens with zero attached hydrogens (tertiary/aromatic N) is 1. The molecule has 7 bridgehead atoms. The third-order valence-electron chi connectivity index (χ3n) is 11.1. The maximum Gasteiger partial charge on any atom is 0.0796 e. The van der Waals surface area contributed by atoms with Gasteiger partial charge >= 0.3 is 0 Å². The third-order valence-corrected chi connectivity index (χ3v) is 11.1. The molecule has 0 amide bonds. The van der Waals surface area contributed by atoms with E-state index >= 15 is 0 Å². The zero-order valence-corrected chi connectivity index (χ0v) is 19.2. The van der Waals surface area contributed by atoms with Crippen molar-refractivity contribution in [1.29, 1.82) is 0 Å². The Bertz CT molecular complexity index is 752. The minimum atomic E-state index is -1.05. The fourth-order valence-electron chi connectivity index (χ4n) is 10.7. The molecule has 3 N–H and O–H groups in total. The summed E-state index contributed by atoms with van der Waals surface area (Å²) in [5.74, 6) is -0.168. The summed E-state index contributed by atoms with van der Waals surface area (Å²) in [4.78, 5) is 2.52. The predicted octanol–water partition coefficient (Wildman–Crippen LogP) is 0.502. The Morgan fingerprint density at radius 3 is 2.52 bits per heavy atom. The predicted molar refractivity (Wildman–Crippen MR) is 112 cm³/mol. The highest BCUT2D eigenvalue weighted by atomic mass is 16.5. The Kier molecular flexibility index (Phi) is 4.56. The van der Waals surface area contributed by atoms with Crippen molar-refractivity contribution in [2.24, 2.45) is 40.4 Å².